The van der Waals surface area contributed by atoms with Crippen LogP contribution in [0.5, 0.6) is 11.5 Å². The van der Waals surface area contributed by atoms with E-state index in [0.29, 0.717) is 23.4 Å². The Kier molecular flexibility index (Phi) is 4.09. The Labute approximate surface area is 141 Å². The number of phenols is 1. The van der Waals surface area contributed by atoms with Crippen molar-refractivity contribution in [3.8, 4) is 11.5 Å². The summed E-state index contributed by atoms with van der Waals surface area (Å²) in [5.74, 6) is -0.174. The molecule has 0 unspecified atom stereocenters. The van der Waals surface area contributed by atoms with Crippen LogP contribution in [0.25, 0.3) is 0 Å². The lowest BCUT2D eigenvalue weighted by molar-refractivity contribution is 0.0921. The number of rotatable bonds is 3. The number of aliphatic hydroxyl groups excluding tert-OH is 1. The molecule has 1 aromatic carbocycles. The zero-order valence-corrected chi connectivity index (χ0v) is 14.0. The molecular weight excluding hydrogens is 306 g/mol. The molecule has 1 aliphatic carbocycles. The maximum Gasteiger partial charge on any atom is 0.178 e. The van der Waals surface area contributed by atoms with Crippen LogP contribution >= 0.6 is 0 Å². The van der Waals surface area contributed by atoms with Crippen LogP contribution in [0.2, 0.25) is 0 Å². The average Bonchev–Trinajstić information content (AvgIpc) is 2.54. The summed E-state index contributed by atoms with van der Waals surface area (Å²) in [4.78, 5) is 12.9. The van der Waals surface area contributed by atoms with Crippen molar-refractivity contribution in [2.24, 2.45) is 5.92 Å². The molecule has 1 aliphatic heterocycles. The smallest absolute Gasteiger partial charge is 0.178 e. The number of ketones is 1. The zero-order valence-electron chi connectivity index (χ0n) is 14.0. The highest BCUT2D eigenvalue weighted by Crippen LogP contribution is 2.43. The first-order valence-corrected chi connectivity index (χ1v) is 7.88. The molecule has 1 aromatic rings. The average molecular weight is 327 g/mol. The van der Waals surface area contributed by atoms with Crippen LogP contribution in [0.3, 0.4) is 0 Å². The van der Waals surface area contributed by atoms with Crippen molar-refractivity contribution >= 4 is 11.5 Å². The Bertz CT molecular complexity index is 785. The third kappa shape index (κ3) is 2.56. The second kappa shape index (κ2) is 6.07. The second-order valence-electron chi connectivity index (χ2n) is 6.30. The maximum atomic E-state index is 12.9. The normalized spacial score (nSPS) is 21.3. The van der Waals surface area contributed by atoms with E-state index < -0.39 is 12.0 Å². The van der Waals surface area contributed by atoms with E-state index in [1.54, 1.807) is 24.3 Å². The van der Waals surface area contributed by atoms with Crippen molar-refractivity contribution in [2.75, 3.05) is 12.4 Å². The number of carbonyl (C=O) groups is 1. The van der Waals surface area contributed by atoms with Gasteiger partial charge in [-0.3, -0.25) is 4.79 Å². The third-order valence-corrected chi connectivity index (χ3v) is 4.42. The Morgan fingerprint density at radius 2 is 2.12 bits per heavy atom. The van der Waals surface area contributed by atoms with Crippen LogP contribution in [0, 0.1) is 5.92 Å². The van der Waals surface area contributed by atoms with Gasteiger partial charge in [-0.15, -0.1) is 0 Å². The predicted molar refractivity (Wildman–Crippen MR) is 92.9 cm³/mol. The van der Waals surface area contributed by atoms with E-state index in [4.69, 9.17) is 4.74 Å². The monoisotopic (exact) mass is 327 g/mol. The molecule has 3 rings (SSSR count). The highest BCUT2D eigenvalue weighted by molar-refractivity contribution is 6.09. The van der Waals surface area contributed by atoms with Gasteiger partial charge in [0.25, 0.3) is 0 Å². The standard InChI is InChI=1S/C19H21NO4/c1-10(2)7-8-11-15(24-3)9-13-16(18(11)22)19(23)12-5-4-6-14(21)17(12)20-13/h4-7,9,12,17,20-22H,8H2,1-3H3/t12-,17-/m1/s1. The largest absolute Gasteiger partial charge is 0.510 e. The highest BCUT2D eigenvalue weighted by Gasteiger charge is 2.39. The van der Waals surface area contributed by atoms with Crippen molar-refractivity contribution in [1.82, 2.24) is 0 Å². The number of allylic oxidation sites excluding steroid dienone is 4. The summed E-state index contributed by atoms with van der Waals surface area (Å²) in [5, 5.41) is 23.9. The first kappa shape index (κ1) is 16.2. The van der Waals surface area contributed by atoms with Gasteiger partial charge in [0.15, 0.2) is 5.78 Å². The molecule has 0 amide bonds. The Morgan fingerprint density at radius 1 is 1.38 bits per heavy atom. The minimum absolute atomic E-state index is 0.0553. The van der Waals surface area contributed by atoms with Gasteiger partial charge >= 0.3 is 0 Å². The van der Waals surface area contributed by atoms with Crippen molar-refractivity contribution in [3.05, 3.63) is 52.8 Å². The van der Waals surface area contributed by atoms with Crippen molar-refractivity contribution in [2.45, 2.75) is 26.3 Å². The summed E-state index contributed by atoms with van der Waals surface area (Å²) in [6.45, 7) is 3.95. The number of fused-ring (bicyclic) bond motifs is 2. The van der Waals surface area contributed by atoms with Gasteiger partial charge in [-0.2, -0.15) is 0 Å². The number of Topliss-reactive ketones (excluding diaryl/α,β-unsaturated/α-hetero) is 1. The summed E-state index contributed by atoms with van der Waals surface area (Å²) in [6.07, 6.45) is 7.41. The zero-order chi connectivity index (χ0) is 17.4. The number of aromatic hydroxyl groups is 1. The summed E-state index contributed by atoms with van der Waals surface area (Å²) >= 11 is 0. The summed E-state index contributed by atoms with van der Waals surface area (Å²) in [7, 11) is 1.53. The van der Waals surface area contributed by atoms with E-state index in [1.165, 1.54) is 7.11 Å². The fraction of sp³-hybridized carbons (Fsp3) is 0.316. The van der Waals surface area contributed by atoms with Gasteiger partial charge in [-0.25, -0.2) is 0 Å². The molecule has 5 heteroatoms. The van der Waals surface area contributed by atoms with Gasteiger partial charge in [0, 0.05) is 11.6 Å². The van der Waals surface area contributed by atoms with Crippen molar-refractivity contribution in [3.63, 3.8) is 0 Å². The van der Waals surface area contributed by atoms with E-state index >= 15 is 0 Å². The number of carbonyl (C=O) groups excluding carboxylic acids is 1. The highest BCUT2D eigenvalue weighted by atomic mass is 16.5. The van der Waals surface area contributed by atoms with Crippen LogP contribution in [0.4, 0.5) is 5.69 Å². The summed E-state index contributed by atoms with van der Waals surface area (Å²) < 4.78 is 5.39. The van der Waals surface area contributed by atoms with Crippen LogP contribution in [0.15, 0.2) is 41.7 Å². The first-order chi connectivity index (χ1) is 11.4. The predicted octanol–water partition coefficient (Wildman–Crippen LogP) is 3.51. The number of aliphatic hydroxyl groups is 1. The molecule has 0 fully saturated rings. The Morgan fingerprint density at radius 3 is 2.79 bits per heavy atom. The van der Waals surface area contributed by atoms with Crippen LogP contribution in [-0.2, 0) is 6.42 Å². The molecule has 0 radical (unpaired) electrons. The number of ether oxygens (including phenoxy) is 1. The maximum absolute atomic E-state index is 12.9. The van der Waals surface area contributed by atoms with Crippen LogP contribution < -0.4 is 10.1 Å². The number of methoxy groups -OCH3 is 1. The molecule has 2 aliphatic rings. The van der Waals surface area contributed by atoms with Gasteiger partial charge in [-0.05, 0) is 26.3 Å². The minimum atomic E-state index is -0.530. The number of hydrogen-bond acceptors (Lipinski definition) is 5. The lowest BCUT2D eigenvalue weighted by Crippen LogP contribution is -2.41. The number of phenolic OH excluding ortho intramolecular Hbond substituents is 1. The molecule has 2 atom stereocenters. The fourth-order valence-electron chi connectivity index (χ4n) is 3.14. The van der Waals surface area contributed by atoms with E-state index in [9.17, 15) is 15.0 Å². The fourth-order valence-corrected chi connectivity index (χ4v) is 3.14. The van der Waals surface area contributed by atoms with E-state index in [2.05, 4.69) is 5.32 Å². The van der Waals surface area contributed by atoms with E-state index in [1.807, 2.05) is 19.9 Å². The van der Waals surface area contributed by atoms with Gasteiger partial charge in [0.2, 0.25) is 0 Å². The molecule has 0 saturated heterocycles. The van der Waals surface area contributed by atoms with Gasteiger partial charge in [-0.1, -0.05) is 23.8 Å². The lowest BCUT2D eigenvalue weighted by Gasteiger charge is -2.34. The van der Waals surface area contributed by atoms with Gasteiger partial charge in [0.05, 0.1) is 30.3 Å². The Balaban J connectivity index is 2.13. The molecule has 0 spiro atoms. The third-order valence-electron chi connectivity index (χ3n) is 4.42. The summed E-state index contributed by atoms with van der Waals surface area (Å²) in [5.41, 5.74) is 2.44. The van der Waals surface area contributed by atoms with Crippen molar-refractivity contribution in [1.29, 1.82) is 0 Å². The van der Waals surface area contributed by atoms with Gasteiger partial charge < -0.3 is 20.3 Å². The molecule has 0 bridgehead atoms. The van der Waals surface area contributed by atoms with Crippen molar-refractivity contribution < 1.29 is 19.7 Å². The number of nitrogens with one attached hydrogen (secondary N) is 1. The topological polar surface area (TPSA) is 78.8 Å². The van der Waals surface area contributed by atoms with Gasteiger partial charge in [0.1, 0.15) is 17.3 Å². The molecule has 0 saturated carbocycles. The van der Waals surface area contributed by atoms with Crippen LogP contribution in [-0.4, -0.2) is 29.1 Å². The molecule has 0 aromatic heterocycles. The quantitative estimate of drug-likeness (QED) is 0.740. The minimum Gasteiger partial charge on any atom is -0.510 e. The molecular formula is C19H21NO4. The number of benzene rings is 1. The second-order valence-corrected chi connectivity index (χ2v) is 6.30. The number of hydrogen-bond donors (Lipinski definition) is 3. The molecule has 24 heavy (non-hydrogen) atoms. The SMILES string of the molecule is COc1cc2c(c(O)c1CC=C(C)C)C(=O)[C@@H]1C=CC=C(O)[C@@H]1N2. The summed E-state index contributed by atoms with van der Waals surface area (Å²) in [6, 6.07) is 1.20. The Hall–Kier alpha value is -2.69. The first-order valence-electron chi connectivity index (χ1n) is 7.88. The molecule has 3 N–H and O–H groups in total. The number of anilines is 1. The van der Waals surface area contributed by atoms with E-state index in [-0.39, 0.29) is 22.9 Å². The van der Waals surface area contributed by atoms with E-state index in [0.717, 1.165) is 5.57 Å². The molecule has 5 nitrogen and oxygen atoms in total. The molecule has 126 valence electrons. The van der Waals surface area contributed by atoms with Crippen LogP contribution in [0.1, 0.15) is 29.8 Å². The lowest BCUT2D eigenvalue weighted by atomic mass is 9.81. The molecule has 1 heterocycles.